The van der Waals surface area contributed by atoms with E-state index in [1.54, 1.807) is 6.92 Å². The number of hydrogen-bond donors (Lipinski definition) is 0. The molecular weight excluding hydrogens is 358 g/mol. The Labute approximate surface area is 163 Å². The Morgan fingerprint density at radius 2 is 1.89 bits per heavy atom. The van der Waals surface area contributed by atoms with Gasteiger partial charge in [-0.1, -0.05) is 0 Å². The van der Waals surface area contributed by atoms with Crippen LogP contribution in [0.25, 0.3) is 11.0 Å². The summed E-state index contributed by atoms with van der Waals surface area (Å²) in [4.78, 5) is 27.1. The van der Waals surface area contributed by atoms with Crippen molar-refractivity contribution in [3.05, 3.63) is 39.2 Å². The first-order chi connectivity index (χ1) is 13.5. The minimum atomic E-state index is -0.586. The third kappa shape index (κ3) is 2.73. The molecule has 6 nitrogen and oxygen atoms in total. The second-order valence-corrected chi connectivity index (χ2v) is 8.33. The average Bonchev–Trinajstić information content (AvgIpc) is 3.39. The quantitative estimate of drug-likeness (QED) is 0.762. The predicted molar refractivity (Wildman–Crippen MR) is 104 cm³/mol. The summed E-state index contributed by atoms with van der Waals surface area (Å²) >= 11 is 0. The van der Waals surface area contributed by atoms with E-state index in [2.05, 4.69) is 0 Å². The van der Waals surface area contributed by atoms with E-state index >= 15 is 0 Å². The second kappa shape index (κ2) is 6.62. The Morgan fingerprint density at radius 3 is 2.64 bits per heavy atom. The fraction of sp³-hybridized carbons (Fsp3) is 0.545. The van der Waals surface area contributed by atoms with Gasteiger partial charge in [0.15, 0.2) is 6.10 Å². The number of fused-ring (bicyclic) bond motifs is 4. The zero-order chi connectivity index (χ0) is 19.4. The summed E-state index contributed by atoms with van der Waals surface area (Å²) in [6.07, 6.45) is 2.11. The van der Waals surface area contributed by atoms with Crippen molar-refractivity contribution in [1.29, 1.82) is 0 Å². The zero-order valence-corrected chi connectivity index (χ0v) is 16.3. The Kier molecular flexibility index (Phi) is 4.19. The maximum absolute atomic E-state index is 12.8. The molecule has 0 radical (unpaired) electrons. The van der Waals surface area contributed by atoms with E-state index < -0.39 is 6.10 Å². The molecule has 3 heterocycles. The highest BCUT2D eigenvalue weighted by Crippen LogP contribution is 2.34. The van der Waals surface area contributed by atoms with Gasteiger partial charge in [0.25, 0.3) is 5.91 Å². The van der Waals surface area contributed by atoms with Crippen LogP contribution in [0, 0.1) is 18.8 Å². The first-order valence-electron chi connectivity index (χ1n) is 10.1. The number of aryl methyl sites for hydroxylation is 2. The van der Waals surface area contributed by atoms with Crippen LogP contribution in [0.4, 0.5) is 0 Å². The molecular formula is C22H25NO5. The number of likely N-dealkylation sites (tertiary alicyclic amines) is 1. The Balaban J connectivity index is 1.39. The SMILES string of the molecule is Cc1c(OC(C)C(=O)N2C[C@H]3COC[C@H]3C2)ccc2c3c(c(=O)oc12)CCC3. The molecule has 148 valence electrons. The molecule has 0 spiro atoms. The smallest absolute Gasteiger partial charge is 0.339 e. The lowest BCUT2D eigenvalue weighted by Gasteiger charge is -2.23. The van der Waals surface area contributed by atoms with E-state index in [-0.39, 0.29) is 11.5 Å². The third-order valence-corrected chi connectivity index (χ3v) is 6.54. The van der Waals surface area contributed by atoms with Crippen LogP contribution in [0.5, 0.6) is 5.75 Å². The first-order valence-corrected chi connectivity index (χ1v) is 10.1. The van der Waals surface area contributed by atoms with E-state index in [1.165, 1.54) is 0 Å². The van der Waals surface area contributed by atoms with Gasteiger partial charge in [-0.05, 0) is 50.8 Å². The number of ether oxygens (including phenoxy) is 2. The van der Waals surface area contributed by atoms with Crippen molar-refractivity contribution in [2.45, 2.75) is 39.2 Å². The van der Waals surface area contributed by atoms with Crippen molar-refractivity contribution >= 4 is 16.9 Å². The standard InChI is InChI=1S/C22H25NO5/c1-12-19(7-6-17-16-4-3-5-18(16)22(25)28-20(12)17)27-13(2)21(24)23-8-14-10-26-11-15(14)9-23/h6-7,13-15H,3-5,8-11H2,1-2H3/t13?,14-,15+. The molecule has 5 rings (SSSR count). The van der Waals surface area contributed by atoms with Crippen LogP contribution < -0.4 is 10.4 Å². The molecule has 2 fully saturated rings. The summed E-state index contributed by atoms with van der Waals surface area (Å²) in [6, 6.07) is 3.85. The van der Waals surface area contributed by atoms with E-state index in [1.807, 2.05) is 24.0 Å². The second-order valence-electron chi connectivity index (χ2n) is 8.33. The number of amides is 1. The number of rotatable bonds is 3. The average molecular weight is 383 g/mol. The summed E-state index contributed by atoms with van der Waals surface area (Å²) in [7, 11) is 0. The molecule has 1 unspecified atom stereocenters. The first kappa shape index (κ1) is 17.7. The summed E-state index contributed by atoms with van der Waals surface area (Å²) < 4.78 is 17.1. The van der Waals surface area contributed by atoms with Gasteiger partial charge >= 0.3 is 5.63 Å². The highest BCUT2D eigenvalue weighted by molar-refractivity contribution is 5.87. The van der Waals surface area contributed by atoms with Gasteiger partial charge in [-0.25, -0.2) is 4.79 Å². The summed E-state index contributed by atoms with van der Waals surface area (Å²) in [5.74, 6) is 1.51. The molecule has 1 aromatic carbocycles. The van der Waals surface area contributed by atoms with E-state index in [0.717, 1.165) is 67.6 Å². The lowest BCUT2D eigenvalue weighted by molar-refractivity contribution is -0.137. The fourth-order valence-corrected chi connectivity index (χ4v) is 4.96. The van der Waals surface area contributed by atoms with Crippen LogP contribution in [-0.4, -0.2) is 43.2 Å². The van der Waals surface area contributed by atoms with E-state index in [9.17, 15) is 9.59 Å². The van der Waals surface area contributed by atoms with E-state index in [4.69, 9.17) is 13.9 Å². The molecule has 1 aliphatic carbocycles. The molecule has 6 heteroatoms. The molecule has 1 aromatic heterocycles. The molecule has 1 amide bonds. The topological polar surface area (TPSA) is 69.0 Å². The van der Waals surface area contributed by atoms with Gasteiger partial charge in [0.1, 0.15) is 11.3 Å². The van der Waals surface area contributed by atoms with Crippen molar-refractivity contribution in [2.24, 2.45) is 11.8 Å². The van der Waals surface area contributed by atoms with Gasteiger partial charge in [0.2, 0.25) is 0 Å². The van der Waals surface area contributed by atoms with Crippen LogP contribution in [0.2, 0.25) is 0 Å². The monoisotopic (exact) mass is 383 g/mol. The highest BCUT2D eigenvalue weighted by atomic mass is 16.5. The summed E-state index contributed by atoms with van der Waals surface area (Å²) in [5, 5.41) is 0.989. The lowest BCUT2D eigenvalue weighted by atomic mass is 10.0. The van der Waals surface area contributed by atoms with Crippen molar-refractivity contribution in [3.8, 4) is 5.75 Å². The molecule has 0 saturated carbocycles. The van der Waals surface area contributed by atoms with Crippen molar-refractivity contribution in [1.82, 2.24) is 4.90 Å². The maximum Gasteiger partial charge on any atom is 0.339 e. The van der Waals surface area contributed by atoms with Crippen LogP contribution >= 0.6 is 0 Å². The molecule has 2 aromatic rings. The lowest BCUT2D eigenvalue weighted by Crippen LogP contribution is -2.40. The van der Waals surface area contributed by atoms with Crippen LogP contribution in [-0.2, 0) is 22.4 Å². The molecule has 2 aliphatic heterocycles. The van der Waals surface area contributed by atoms with Crippen molar-refractivity contribution in [2.75, 3.05) is 26.3 Å². The molecule has 0 bridgehead atoms. The van der Waals surface area contributed by atoms with Gasteiger partial charge in [0, 0.05) is 41.4 Å². The number of nitrogens with zero attached hydrogens (tertiary/aromatic N) is 1. The number of benzene rings is 1. The number of hydrogen-bond acceptors (Lipinski definition) is 5. The van der Waals surface area contributed by atoms with Crippen molar-refractivity contribution < 1.29 is 18.7 Å². The van der Waals surface area contributed by atoms with Gasteiger partial charge in [-0.2, -0.15) is 0 Å². The normalized spacial score (nSPS) is 24.4. The molecule has 2 saturated heterocycles. The summed E-state index contributed by atoms with van der Waals surface area (Å²) in [6.45, 7) is 6.66. The third-order valence-electron chi connectivity index (χ3n) is 6.54. The minimum Gasteiger partial charge on any atom is -0.480 e. The van der Waals surface area contributed by atoms with Crippen molar-refractivity contribution in [3.63, 3.8) is 0 Å². The van der Waals surface area contributed by atoms with E-state index in [0.29, 0.717) is 23.2 Å². The minimum absolute atomic E-state index is 0.00398. The largest absolute Gasteiger partial charge is 0.480 e. The summed E-state index contributed by atoms with van der Waals surface area (Å²) in [5.41, 5.74) is 3.03. The zero-order valence-electron chi connectivity index (χ0n) is 16.3. The van der Waals surface area contributed by atoms with Crippen LogP contribution in [0.15, 0.2) is 21.3 Å². The van der Waals surface area contributed by atoms with Gasteiger partial charge in [-0.3, -0.25) is 4.79 Å². The van der Waals surface area contributed by atoms with Gasteiger partial charge < -0.3 is 18.8 Å². The van der Waals surface area contributed by atoms with Crippen LogP contribution in [0.3, 0.4) is 0 Å². The van der Waals surface area contributed by atoms with Gasteiger partial charge in [0.05, 0.1) is 13.2 Å². The Morgan fingerprint density at radius 1 is 1.18 bits per heavy atom. The predicted octanol–water partition coefficient (Wildman–Crippen LogP) is 2.46. The van der Waals surface area contributed by atoms with Gasteiger partial charge in [-0.15, -0.1) is 0 Å². The Hall–Kier alpha value is -2.34. The Bertz CT molecular complexity index is 998. The number of carbonyl (C=O) groups is 1. The number of carbonyl (C=O) groups excluding carboxylic acids is 1. The fourth-order valence-electron chi connectivity index (χ4n) is 4.96. The maximum atomic E-state index is 12.8. The highest BCUT2D eigenvalue weighted by Gasteiger charge is 2.40. The van der Waals surface area contributed by atoms with Crippen LogP contribution in [0.1, 0.15) is 30.0 Å². The molecule has 3 atom stereocenters. The molecule has 28 heavy (non-hydrogen) atoms. The molecule has 3 aliphatic rings. The molecule has 0 N–H and O–H groups in total.